The van der Waals surface area contributed by atoms with Crippen LogP contribution in [0.4, 0.5) is 0 Å². The molecule has 0 N–H and O–H groups in total. The summed E-state index contributed by atoms with van der Waals surface area (Å²) in [4.78, 5) is 22.5. The first kappa shape index (κ1) is 62.7. The Kier molecular flexibility index (Phi) is 15.9. The monoisotopic (exact) mass is 1150 g/mol. The maximum atomic E-state index is 15.6. The normalized spacial score (nSPS) is 17.3. The van der Waals surface area contributed by atoms with Gasteiger partial charge in [0.1, 0.15) is 0 Å². The molecule has 8 bridgehead atoms. The molecule has 428 valence electrons. The Morgan fingerprint density at radius 2 is 0.470 bits per heavy atom. The number of rotatable bonds is 4. The molecule has 0 amide bonds. The molecule has 5 heterocycles. The first-order valence-electron chi connectivity index (χ1n) is 29.6. The van der Waals surface area contributed by atoms with Gasteiger partial charge in [-0.3, -0.25) is 0 Å². The number of aliphatic imine (C=N–C) groups is 4. The minimum Gasteiger partial charge on any atom is -0.871 e. The summed E-state index contributed by atoms with van der Waals surface area (Å²) in [6.45, 7) is 53.7. The molecule has 4 aromatic carbocycles. The Morgan fingerprint density at radius 3 is 0.723 bits per heavy atom. The van der Waals surface area contributed by atoms with Gasteiger partial charge in [0, 0.05) is 22.3 Å². The molecule has 83 heavy (non-hydrogen) atoms. The van der Waals surface area contributed by atoms with Crippen molar-refractivity contribution in [1.82, 2.24) is 0 Å². The first-order valence-corrected chi connectivity index (χ1v) is 29.6. The fraction of sp³-hybridized carbons (Fsp3) is 0.421. The molecule has 0 saturated carbocycles. The van der Waals surface area contributed by atoms with Crippen LogP contribution in [0.25, 0.3) is 22.3 Å². The van der Waals surface area contributed by atoms with Gasteiger partial charge in [0.2, 0.25) is 0 Å². The van der Waals surface area contributed by atoms with Crippen LogP contribution in [0.3, 0.4) is 0 Å². The van der Waals surface area contributed by atoms with Gasteiger partial charge >= 0.3 is 19.5 Å². The number of benzene rings is 4. The van der Waals surface area contributed by atoms with Crippen LogP contribution >= 0.6 is 0 Å². The standard InChI is InChI=1S/C76H92N4O2.Zn/c1-69(2,3)47-31-43(32-48(39-47)70(4,5)6)61-55-25-26-56(77-55)62(44-33-49(71(7,8)9)40-50(34-44)72(10,11)12)58-28-30-60(79-58)64(46-37-53(75(19,20)21)42-54(38-46)76(22,23)24)66-68(82)67(81)65(80-66)63(59-29-27-57(61)78-59)45-35-51(73(13,14)15)41-52(36-45)74(16,17)18;/h25-42,81-82H,1-24H3;/q;+2/p-2. The average Bonchev–Trinajstić information content (AvgIpc) is 2.89. The molecule has 9 rings (SSSR count). The molecule has 7 heteroatoms. The van der Waals surface area contributed by atoms with Crippen molar-refractivity contribution in [2.24, 2.45) is 20.0 Å². The van der Waals surface area contributed by atoms with Gasteiger partial charge in [-0.2, -0.15) is 0 Å². The van der Waals surface area contributed by atoms with E-state index in [0.717, 1.165) is 67.1 Å². The summed E-state index contributed by atoms with van der Waals surface area (Å²) < 4.78 is 0. The van der Waals surface area contributed by atoms with Crippen molar-refractivity contribution in [3.05, 3.63) is 210 Å². The summed E-state index contributed by atoms with van der Waals surface area (Å²) in [6.07, 6.45) is 12.4. The summed E-state index contributed by atoms with van der Waals surface area (Å²) in [7, 11) is 0. The zero-order valence-electron chi connectivity index (χ0n) is 54.7. The van der Waals surface area contributed by atoms with E-state index in [-0.39, 0.29) is 74.2 Å². The number of nitrogens with zero attached hydrogens (tertiary/aromatic N) is 4. The van der Waals surface area contributed by atoms with Crippen LogP contribution in [-0.4, -0.2) is 22.8 Å². The fourth-order valence-corrected chi connectivity index (χ4v) is 10.9. The largest absolute Gasteiger partial charge is 2.00 e. The molecule has 0 aliphatic carbocycles. The number of fused-ring (bicyclic) bond motifs is 4. The molecule has 0 spiro atoms. The second-order valence-corrected chi connectivity index (χ2v) is 31.8. The minimum absolute atomic E-state index is 0. The molecular weight excluding hydrogens is 1070 g/mol. The molecule has 6 nitrogen and oxygen atoms in total. The Morgan fingerprint density at radius 1 is 0.253 bits per heavy atom. The third kappa shape index (κ3) is 12.6. The van der Waals surface area contributed by atoms with E-state index in [1.807, 2.05) is 12.2 Å². The molecule has 4 aromatic rings. The zero-order valence-corrected chi connectivity index (χ0v) is 57.7. The van der Waals surface area contributed by atoms with E-state index in [1.165, 1.54) is 22.3 Å². The average molecular weight is 1160 g/mol. The minimum atomic E-state index is -0.676. The fourth-order valence-electron chi connectivity index (χ4n) is 10.9. The van der Waals surface area contributed by atoms with E-state index < -0.39 is 11.5 Å². The summed E-state index contributed by atoms with van der Waals surface area (Å²) >= 11 is 0. The summed E-state index contributed by atoms with van der Waals surface area (Å²) in [5, 5.41) is 31.2. The number of allylic oxidation sites excluding steroid dienone is 10. The predicted molar refractivity (Wildman–Crippen MR) is 347 cm³/mol. The van der Waals surface area contributed by atoms with Crippen LogP contribution in [0.5, 0.6) is 0 Å². The van der Waals surface area contributed by atoms with Crippen LogP contribution in [0, 0.1) is 0 Å². The zero-order chi connectivity index (χ0) is 60.6. The summed E-state index contributed by atoms with van der Waals surface area (Å²) in [5.41, 5.74) is 17.8. The van der Waals surface area contributed by atoms with E-state index in [1.54, 1.807) is 0 Å². The van der Waals surface area contributed by atoms with E-state index in [9.17, 15) is 0 Å². The molecule has 5 aliphatic heterocycles. The van der Waals surface area contributed by atoms with Gasteiger partial charge in [-0.15, -0.1) is 0 Å². The van der Waals surface area contributed by atoms with Crippen LogP contribution < -0.4 is 10.2 Å². The van der Waals surface area contributed by atoms with Crippen molar-refractivity contribution in [2.75, 3.05) is 0 Å². The quantitative estimate of drug-likeness (QED) is 0.190. The molecule has 5 aliphatic rings. The summed E-state index contributed by atoms with van der Waals surface area (Å²) in [6, 6.07) is 27.1. The Labute approximate surface area is 511 Å². The number of hydrogen-bond donors (Lipinski definition) is 0. The van der Waals surface area contributed by atoms with Crippen molar-refractivity contribution in [3.8, 4) is 0 Å². The molecule has 0 saturated heterocycles. The number of hydrogen-bond acceptors (Lipinski definition) is 6. The Bertz CT molecular complexity index is 3660. The predicted octanol–water partition coefficient (Wildman–Crippen LogP) is 17.4. The van der Waals surface area contributed by atoms with Gasteiger partial charge in [-0.1, -0.05) is 250 Å². The third-order valence-corrected chi connectivity index (χ3v) is 16.6. The SMILES string of the molecule is CC(C)(C)c1cc(C2=C3C=CC(=N3)C(c3cc(C(C)(C)C)cc(C(C)(C)C)c3)=C3C=CC(=N3)C(c3cc(C(C)(C)C)cc(C(C)(C)C)c3)=C3N=C(C([O-])=C3[O-])C(c3cc(C(C)(C)C)cc(C(C)(C)C)c3)=C3C=CC2=N3)cc(C(C)(C)C)c1.[Zn+2]. The maximum absolute atomic E-state index is 15.6. The van der Waals surface area contributed by atoms with Gasteiger partial charge in [0.05, 0.1) is 45.6 Å². The molecule has 0 aromatic heterocycles. The van der Waals surface area contributed by atoms with Crippen LogP contribution in [0.1, 0.15) is 233 Å². The van der Waals surface area contributed by atoms with E-state index in [4.69, 9.17) is 20.0 Å². The van der Waals surface area contributed by atoms with E-state index in [0.29, 0.717) is 34.0 Å². The van der Waals surface area contributed by atoms with Crippen LogP contribution in [0.15, 0.2) is 164 Å². The van der Waals surface area contributed by atoms with Crippen LogP contribution in [0.2, 0.25) is 0 Å². The van der Waals surface area contributed by atoms with Gasteiger partial charge in [-0.25, -0.2) is 20.0 Å². The molecular formula is C76H90N4O2Zn. The maximum Gasteiger partial charge on any atom is 2.00 e. The van der Waals surface area contributed by atoms with E-state index >= 15 is 10.2 Å². The molecule has 0 fully saturated rings. The molecule has 0 unspecified atom stereocenters. The first-order chi connectivity index (χ1) is 37.5. The van der Waals surface area contributed by atoms with Gasteiger partial charge in [-0.05, 0) is 147 Å². The Hall–Kier alpha value is -6.30. The van der Waals surface area contributed by atoms with Crippen molar-refractivity contribution in [3.63, 3.8) is 0 Å². The van der Waals surface area contributed by atoms with Gasteiger partial charge < -0.3 is 10.2 Å². The van der Waals surface area contributed by atoms with Crippen molar-refractivity contribution < 1.29 is 29.7 Å². The second kappa shape index (κ2) is 21.0. The van der Waals surface area contributed by atoms with Crippen molar-refractivity contribution in [2.45, 2.75) is 209 Å². The second-order valence-electron chi connectivity index (χ2n) is 31.8. The van der Waals surface area contributed by atoms with Crippen molar-refractivity contribution in [1.29, 1.82) is 0 Å². The molecule has 0 atom stereocenters. The third-order valence-electron chi connectivity index (χ3n) is 16.6. The summed E-state index contributed by atoms with van der Waals surface area (Å²) in [5.74, 6) is -1.35. The van der Waals surface area contributed by atoms with Crippen molar-refractivity contribution >= 4 is 45.1 Å². The van der Waals surface area contributed by atoms with E-state index in [2.05, 4.69) is 263 Å². The van der Waals surface area contributed by atoms with Gasteiger partial charge in [0.25, 0.3) is 0 Å². The smallest absolute Gasteiger partial charge is 0.871 e. The molecule has 0 radical (unpaired) electrons. The van der Waals surface area contributed by atoms with Crippen LogP contribution in [-0.2, 0) is 62.8 Å². The Balaban J connectivity index is 0.00000900. The van der Waals surface area contributed by atoms with Gasteiger partial charge in [0.15, 0.2) is 0 Å². The topological polar surface area (TPSA) is 95.6 Å².